The van der Waals surface area contributed by atoms with Crippen molar-refractivity contribution in [2.75, 3.05) is 5.43 Å². The zero-order valence-electron chi connectivity index (χ0n) is 8.45. The van der Waals surface area contributed by atoms with Gasteiger partial charge in [0.05, 0.1) is 0 Å². The van der Waals surface area contributed by atoms with Gasteiger partial charge in [-0.15, -0.1) is 0 Å². The molecule has 14 heavy (non-hydrogen) atoms. The van der Waals surface area contributed by atoms with Crippen molar-refractivity contribution >= 4 is 5.82 Å². The largest absolute Gasteiger partial charge is 0.308 e. The van der Waals surface area contributed by atoms with E-state index in [9.17, 15) is 0 Å². The molecule has 1 saturated carbocycles. The second-order valence-corrected chi connectivity index (χ2v) is 3.73. The van der Waals surface area contributed by atoms with Crippen LogP contribution in [0.25, 0.3) is 0 Å². The van der Waals surface area contributed by atoms with Crippen molar-refractivity contribution in [2.24, 2.45) is 5.84 Å². The minimum atomic E-state index is 0.564. The number of hydrazine groups is 1. The Morgan fingerprint density at radius 2 is 2.29 bits per heavy atom. The molecule has 4 nitrogen and oxygen atoms in total. The number of aryl methyl sites for hydroxylation is 1. The predicted molar refractivity (Wildman–Crippen MR) is 55.8 cm³/mol. The highest BCUT2D eigenvalue weighted by Crippen LogP contribution is 2.34. The smallest absolute Gasteiger partial charge is 0.143 e. The lowest BCUT2D eigenvalue weighted by atomic mass is 9.85. The predicted octanol–water partition coefficient (Wildman–Crippen LogP) is 1.59. The Kier molecular flexibility index (Phi) is 2.63. The van der Waals surface area contributed by atoms with Gasteiger partial charge in [-0.1, -0.05) is 13.3 Å². The summed E-state index contributed by atoms with van der Waals surface area (Å²) < 4.78 is 0. The molecule has 1 heterocycles. The highest BCUT2D eigenvalue weighted by Gasteiger charge is 2.22. The van der Waals surface area contributed by atoms with E-state index in [0.29, 0.717) is 5.92 Å². The molecule has 0 spiro atoms. The monoisotopic (exact) mass is 192 g/mol. The van der Waals surface area contributed by atoms with Crippen LogP contribution in [0.3, 0.4) is 0 Å². The van der Waals surface area contributed by atoms with E-state index in [2.05, 4.69) is 22.3 Å². The molecule has 0 bridgehead atoms. The van der Waals surface area contributed by atoms with Crippen LogP contribution in [0.1, 0.15) is 43.6 Å². The number of nitrogens with zero attached hydrogens (tertiary/aromatic N) is 2. The molecule has 1 aliphatic carbocycles. The molecule has 1 fully saturated rings. The summed E-state index contributed by atoms with van der Waals surface area (Å²) in [6.45, 7) is 2.09. The SMILES string of the molecule is CCc1cc(NN)nc(C2CCC2)n1. The van der Waals surface area contributed by atoms with Crippen molar-refractivity contribution in [1.29, 1.82) is 0 Å². The van der Waals surface area contributed by atoms with Crippen molar-refractivity contribution in [1.82, 2.24) is 9.97 Å². The van der Waals surface area contributed by atoms with Gasteiger partial charge >= 0.3 is 0 Å². The molecule has 0 amide bonds. The Morgan fingerprint density at radius 1 is 1.50 bits per heavy atom. The standard InChI is InChI=1S/C10H16N4/c1-2-8-6-9(14-11)13-10(12-8)7-4-3-5-7/h6-7H,2-5,11H2,1H3,(H,12,13,14). The number of aromatic nitrogens is 2. The summed E-state index contributed by atoms with van der Waals surface area (Å²) in [5.41, 5.74) is 3.66. The maximum atomic E-state index is 5.36. The molecule has 0 saturated heterocycles. The molecular weight excluding hydrogens is 176 g/mol. The van der Waals surface area contributed by atoms with Gasteiger partial charge in [0.1, 0.15) is 11.6 Å². The molecule has 4 heteroatoms. The van der Waals surface area contributed by atoms with E-state index in [-0.39, 0.29) is 0 Å². The third-order valence-electron chi connectivity index (χ3n) is 2.78. The molecule has 1 aromatic heterocycles. The second-order valence-electron chi connectivity index (χ2n) is 3.73. The topological polar surface area (TPSA) is 63.8 Å². The Labute approximate surface area is 83.9 Å². The van der Waals surface area contributed by atoms with Gasteiger partial charge in [0.2, 0.25) is 0 Å². The molecular formula is C10H16N4. The van der Waals surface area contributed by atoms with Crippen molar-refractivity contribution in [3.63, 3.8) is 0 Å². The van der Waals surface area contributed by atoms with E-state index in [0.717, 1.165) is 23.8 Å². The molecule has 0 radical (unpaired) electrons. The van der Waals surface area contributed by atoms with Gasteiger partial charge in [-0.05, 0) is 19.3 Å². The normalized spacial score (nSPS) is 16.4. The first-order valence-corrected chi connectivity index (χ1v) is 5.18. The lowest BCUT2D eigenvalue weighted by molar-refractivity contribution is 0.400. The van der Waals surface area contributed by atoms with Gasteiger partial charge in [-0.2, -0.15) is 0 Å². The highest BCUT2D eigenvalue weighted by molar-refractivity contribution is 5.35. The lowest BCUT2D eigenvalue weighted by Crippen LogP contribution is -2.17. The third-order valence-corrected chi connectivity index (χ3v) is 2.78. The van der Waals surface area contributed by atoms with Crippen molar-refractivity contribution in [3.05, 3.63) is 17.6 Å². The zero-order valence-corrected chi connectivity index (χ0v) is 8.45. The molecule has 0 atom stereocenters. The van der Waals surface area contributed by atoms with Crippen LogP contribution in [0, 0.1) is 0 Å². The fourth-order valence-corrected chi connectivity index (χ4v) is 1.62. The summed E-state index contributed by atoms with van der Waals surface area (Å²) >= 11 is 0. The van der Waals surface area contributed by atoms with Crippen molar-refractivity contribution in [2.45, 2.75) is 38.5 Å². The summed E-state index contributed by atoms with van der Waals surface area (Å²) in [5, 5.41) is 0. The molecule has 2 rings (SSSR count). The van der Waals surface area contributed by atoms with E-state index in [1.54, 1.807) is 0 Å². The maximum absolute atomic E-state index is 5.36. The van der Waals surface area contributed by atoms with E-state index >= 15 is 0 Å². The average Bonchev–Trinajstić information content (AvgIpc) is 2.14. The third kappa shape index (κ3) is 1.70. The number of anilines is 1. The number of hydrogen-bond donors (Lipinski definition) is 2. The van der Waals surface area contributed by atoms with Crippen LogP contribution < -0.4 is 11.3 Å². The average molecular weight is 192 g/mol. The Balaban J connectivity index is 2.28. The van der Waals surface area contributed by atoms with Gasteiger partial charge in [0.15, 0.2) is 0 Å². The number of nitrogen functional groups attached to an aromatic ring is 1. The van der Waals surface area contributed by atoms with E-state index in [4.69, 9.17) is 5.84 Å². The first-order valence-electron chi connectivity index (χ1n) is 5.18. The second kappa shape index (κ2) is 3.92. The lowest BCUT2D eigenvalue weighted by Gasteiger charge is -2.24. The van der Waals surface area contributed by atoms with Crippen LogP contribution >= 0.6 is 0 Å². The number of nitrogens with two attached hydrogens (primary N) is 1. The summed E-state index contributed by atoms with van der Waals surface area (Å²) in [7, 11) is 0. The maximum Gasteiger partial charge on any atom is 0.143 e. The van der Waals surface area contributed by atoms with Gasteiger partial charge < -0.3 is 5.43 Å². The van der Waals surface area contributed by atoms with Crippen molar-refractivity contribution in [3.8, 4) is 0 Å². The van der Waals surface area contributed by atoms with E-state index in [1.165, 1.54) is 19.3 Å². The molecule has 1 aliphatic rings. The highest BCUT2D eigenvalue weighted by atomic mass is 15.3. The number of hydrogen-bond acceptors (Lipinski definition) is 4. The molecule has 3 N–H and O–H groups in total. The molecule has 76 valence electrons. The first kappa shape index (κ1) is 9.40. The van der Waals surface area contributed by atoms with Gasteiger partial charge in [0, 0.05) is 17.7 Å². The van der Waals surface area contributed by atoms with Gasteiger partial charge in [0.25, 0.3) is 0 Å². The van der Waals surface area contributed by atoms with Crippen LogP contribution in [0.5, 0.6) is 0 Å². The minimum Gasteiger partial charge on any atom is -0.308 e. The van der Waals surface area contributed by atoms with Crippen LogP contribution in [0.4, 0.5) is 5.82 Å². The zero-order chi connectivity index (χ0) is 9.97. The molecule has 0 aromatic carbocycles. The van der Waals surface area contributed by atoms with E-state index < -0.39 is 0 Å². The fraction of sp³-hybridized carbons (Fsp3) is 0.600. The number of rotatable bonds is 3. The van der Waals surface area contributed by atoms with Crippen LogP contribution in [0.2, 0.25) is 0 Å². The Hall–Kier alpha value is -1.16. The van der Waals surface area contributed by atoms with Crippen molar-refractivity contribution < 1.29 is 0 Å². The minimum absolute atomic E-state index is 0.564. The molecule has 1 aromatic rings. The quantitative estimate of drug-likeness (QED) is 0.564. The van der Waals surface area contributed by atoms with E-state index in [1.807, 2.05) is 6.07 Å². The first-order chi connectivity index (χ1) is 6.83. The summed E-state index contributed by atoms with van der Waals surface area (Å²) in [4.78, 5) is 8.89. The van der Waals surface area contributed by atoms with Crippen LogP contribution in [-0.2, 0) is 6.42 Å². The van der Waals surface area contributed by atoms with Crippen LogP contribution in [-0.4, -0.2) is 9.97 Å². The summed E-state index contributed by atoms with van der Waals surface area (Å²) in [5.74, 6) is 7.62. The molecule has 0 aliphatic heterocycles. The molecule has 0 unspecified atom stereocenters. The van der Waals surface area contributed by atoms with Gasteiger partial charge in [-0.3, -0.25) is 0 Å². The van der Waals surface area contributed by atoms with Crippen LogP contribution in [0.15, 0.2) is 6.07 Å². The van der Waals surface area contributed by atoms with Gasteiger partial charge in [-0.25, -0.2) is 15.8 Å². The summed E-state index contributed by atoms with van der Waals surface area (Å²) in [6.07, 6.45) is 4.67. The summed E-state index contributed by atoms with van der Waals surface area (Å²) in [6, 6.07) is 1.90. The Bertz CT molecular complexity index is 298. The Morgan fingerprint density at radius 3 is 2.79 bits per heavy atom. The fourth-order valence-electron chi connectivity index (χ4n) is 1.62. The number of nitrogens with one attached hydrogen (secondary N) is 1.